The summed E-state index contributed by atoms with van der Waals surface area (Å²) in [5, 5.41) is 2.77. The number of aryl methyl sites for hydroxylation is 1. The van der Waals surface area contributed by atoms with Gasteiger partial charge in [-0.1, -0.05) is 0 Å². The number of aromatic nitrogens is 1. The Labute approximate surface area is 138 Å². The Kier molecular flexibility index (Phi) is 5.46. The van der Waals surface area contributed by atoms with Gasteiger partial charge >= 0.3 is 6.09 Å². The highest BCUT2D eigenvalue weighted by Gasteiger charge is 2.18. The topological polar surface area (TPSA) is 57.7 Å². The minimum absolute atomic E-state index is 0.404. The number of anilines is 1. The monoisotopic (exact) mass is 320 g/mol. The van der Waals surface area contributed by atoms with Crippen molar-refractivity contribution >= 4 is 11.9 Å². The van der Waals surface area contributed by atoms with Gasteiger partial charge in [0.05, 0.1) is 0 Å². The van der Waals surface area contributed by atoms with E-state index >= 15 is 0 Å². The number of piperazine rings is 1. The van der Waals surface area contributed by atoms with E-state index in [0.29, 0.717) is 6.54 Å². The lowest BCUT2D eigenvalue weighted by Crippen LogP contribution is -2.45. The van der Waals surface area contributed by atoms with Gasteiger partial charge in [-0.15, -0.1) is 0 Å². The highest BCUT2D eigenvalue weighted by Crippen LogP contribution is 2.19. The highest BCUT2D eigenvalue weighted by molar-refractivity contribution is 5.67. The molecule has 0 atom stereocenters. The predicted molar refractivity (Wildman–Crippen MR) is 91.8 cm³/mol. The second-order valence-corrected chi connectivity index (χ2v) is 7.13. The molecule has 0 spiro atoms. The van der Waals surface area contributed by atoms with Crippen LogP contribution in [0.3, 0.4) is 0 Å². The SMILES string of the molecule is Cc1cc(CNC(=O)OC(C)(C)C)cnc1N1CCN(C)CC1. The van der Waals surface area contributed by atoms with Gasteiger partial charge in [-0.2, -0.15) is 0 Å². The summed E-state index contributed by atoms with van der Waals surface area (Å²) in [6.45, 7) is 12.2. The first-order chi connectivity index (χ1) is 10.7. The van der Waals surface area contributed by atoms with E-state index in [-0.39, 0.29) is 0 Å². The number of rotatable bonds is 3. The van der Waals surface area contributed by atoms with E-state index in [1.54, 1.807) is 0 Å². The van der Waals surface area contributed by atoms with Crippen molar-refractivity contribution in [3.05, 3.63) is 23.4 Å². The minimum Gasteiger partial charge on any atom is -0.444 e. The van der Waals surface area contributed by atoms with Crippen molar-refractivity contribution in [2.75, 3.05) is 38.1 Å². The van der Waals surface area contributed by atoms with Crippen LogP contribution in [0.1, 0.15) is 31.9 Å². The molecular formula is C17H28N4O2. The molecule has 0 unspecified atom stereocenters. The zero-order chi connectivity index (χ0) is 17.0. The van der Waals surface area contributed by atoms with Gasteiger partial charge in [0.2, 0.25) is 0 Å². The quantitative estimate of drug-likeness (QED) is 0.925. The number of pyridine rings is 1. The molecule has 0 aliphatic carbocycles. The first-order valence-electron chi connectivity index (χ1n) is 8.10. The Morgan fingerprint density at radius 3 is 2.52 bits per heavy atom. The van der Waals surface area contributed by atoms with Gasteiger partial charge in [0, 0.05) is 38.9 Å². The number of carbonyl (C=O) groups excluding carboxylic acids is 1. The first kappa shape index (κ1) is 17.5. The van der Waals surface area contributed by atoms with E-state index < -0.39 is 11.7 Å². The largest absolute Gasteiger partial charge is 0.444 e. The fraction of sp³-hybridized carbons (Fsp3) is 0.647. The molecule has 1 aliphatic heterocycles. The molecule has 0 radical (unpaired) electrons. The van der Waals surface area contributed by atoms with Crippen molar-refractivity contribution in [2.45, 2.75) is 39.8 Å². The van der Waals surface area contributed by atoms with E-state index in [4.69, 9.17) is 4.74 Å². The van der Waals surface area contributed by atoms with Crippen LogP contribution in [0.15, 0.2) is 12.3 Å². The molecular weight excluding hydrogens is 292 g/mol. The fourth-order valence-corrected chi connectivity index (χ4v) is 2.56. The molecule has 1 amide bonds. The third-order valence-corrected chi connectivity index (χ3v) is 3.75. The van der Waals surface area contributed by atoms with Crippen LogP contribution >= 0.6 is 0 Å². The van der Waals surface area contributed by atoms with Crippen LogP contribution in [-0.4, -0.2) is 54.8 Å². The van der Waals surface area contributed by atoms with Gasteiger partial charge in [-0.05, 0) is 51.9 Å². The lowest BCUT2D eigenvalue weighted by Gasteiger charge is -2.34. The van der Waals surface area contributed by atoms with Crippen LogP contribution in [-0.2, 0) is 11.3 Å². The van der Waals surface area contributed by atoms with Crippen molar-refractivity contribution in [2.24, 2.45) is 0 Å². The molecule has 1 aromatic rings. The summed E-state index contributed by atoms with van der Waals surface area (Å²) in [5.74, 6) is 1.04. The third kappa shape index (κ3) is 5.39. The van der Waals surface area contributed by atoms with Crippen molar-refractivity contribution in [1.29, 1.82) is 0 Å². The summed E-state index contributed by atoms with van der Waals surface area (Å²) >= 11 is 0. The summed E-state index contributed by atoms with van der Waals surface area (Å²) < 4.78 is 5.24. The average molecular weight is 320 g/mol. The van der Waals surface area contributed by atoms with Crippen molar-refractivity contribution in [3.63, 3.8) is 0 Å². The summed E-state index contributed by atoms with van der Waals surface area (Å²) in [7, 11) is 2.14. The number of amides is 1. The molecule has 0 aromatic carbocycles. The Bertz CT molecular complexity index is 546. The molecule has 1 saturated heterocycles. The number of hydrogen-bond acceptors (Lipinski definition) is 5. The highest BCUT2D eigenvalue weighted by atomic mass is 16.6. The van der Waals surface area contributed by atoms with E-state index in [2.05, 4.69) is 40.1 Å². The van der Waals surface area contributed by atoms with Crippen LogP contribution in [0.4, 0.5) is 10.6 Å². The maximum absolute atomic E-state index is 11.7. The number of nitrogens with zero attached hydrogens (tertiary/aromatic N) is 3. The summed E-state index contributed by atoms with van der Waals surface area (Å²) in [5.41, 5.74) is 1.63. The van der Waals surface area contributed by atoms with E-state index in [1.807, 2.05) is 27.0 Å². The summed E-state index contributed by atoms with van der Waals surface area (Å²) in [4.78, 5) is 20.9. The molecule has 6 heteroatoms. The summed E-state index contributed by atoms with van der Waals surface area (Å²) in [6.07, 6.45) is 1.43. The lowest BCUT2D eigenvalue weighted by atomic mass is 10.2. The van der Waals surface area contributed by atoms with Gasteiger partial charge in [-0.3, -0.25) is 0 Å². The molecule has 1 aliphatic rings. The molecule has 1 N–H and O–H groups in total. The standard InChI is InChI=1S/C17H28N4O2/c1-13-10-14(12-19-16(22)23-17(2,3)4)11-18-15(13)21-8-6-20(5)7-9-21/h10-11H,6-9,12H2,1-5H3,(H,19,22). The van der Waals surface area contributed by atoms with E-state index in [1.165, 1.54) is 0 Å². The average Bonchev–Trinajstić information content (AvgIpc) is 2.45. The zero-order valence-electron chi connectivity index (χ0n) is 14.8. The maximum Gasteiger partial charge on any atom is 0.407 e. The maximum atomic E-state index is 11.7. The van der Waals surface area contributed by atoms with Crippen LogP contribution in [0.2, 0.25) is 0 Å². The van der Waals surface area contributed by atoms with Gasteiger partial charge in [0.25, 0.3) is 0 Å². The zero-order valence-corrected chi connectivity index (χ0v) is 14.8. The molecule has 1 aromatic heterocycles. The Hall–Kier alpha value is -1.82. The molecule has 6 nitrogen and oxygen atoms in total. The van der Waals surface area contributed by atoms with Crippen molar-refractivity contribution in [3.8, 4) is 0 Å². The van der Waals surface area contributed by atoms with E-state index in [0.717, 1.165) is 43.1 Å². The third-order valence-electron chi connectivity index (χ3n) is 3.75. The molecule has 2 rings (SSSR count). The van der Waals surface area contributed by atoms with Gasteiger partial charge in [-0.25, -0.2) is 9.78 Å². The van der Waals surface area contributed by atoms with E-state index in [9.17, 15) is 4.79 Å². The number of ether oxygens (including phenoxy) is 1. The van der Waals surface area contributed by atoms with Crippen LogP contribution in [0, 0.1) is 6.92 Å². The Morgan fingerprint density at radius 2 is 1.96 bits per heavy atom. The van der Waals surface area contributed by atoms with Crippen LogP contribution in [0.25, 0.3) is 0 Å². The van der Waals surface area contributed by atoms with Gasteiger partial charge in [0.1, 0.15) is 11.4 Å². The first-order valence-corrected chi connectivity index (χ1v) is 8.10. The molecule has 1 fully saturated rings. The normalized spacial score (nSPS) is 16.3. The second kappa shape index (κ2) is 7.17. The smallest absolute Gasteiger partial charge is 0.407 e. The van der Waals surface area contributed by atoms with Gasteiger partial charge < -0.3 is 19.9 Å². The summed E-state index contributed by atoms with van der Waals surface area (Å²) in [6, 6.07) is 2.08. The second-order valence-electron chi connectivity index (χ2n) is 7.13. The number of alkyl carbamates (subject to hydrolysis) is 1. The molecule has 0 saturated carbocycles. The number of likely N-dealkylation sites (N-methyl/N-ethyl adjacent to an activating group) is 1. The molecule has 23 heavy (non-hydrogen) atoms. The van der Waals surface area contributed by atoms with Gasteiger partial charge in [0.15, 0.2) is 0 Å². The predicted octanol–water partition coefficient (Wildman–Crippen LogP) is 2.17. The lowest BCUT2D eigenvalue weighted by molar-refractivity contribution is 0.0523. The fourth-order valence-electron chi connectivity index (χ4n) is 2.56. The van der Waals surface area contributed by atoms with Crippen LogP contribution < -0.4 is 10.2 Å². The number of hydrogen-bond donors (Lipinski definition) is 1. The van der Waals surface area contributed by atoms with Crippen molar-refractivity contribution in [1.82, 2.24) is 15.2 Å². The molecule has 0 bridgehead atoms. The Balaban J connectivity index is 1.93. The molecule has 2 heterocycles. The van der Waals surface area contributed by atoms with Crippen LogP contribution in [0.5, 0.6) is 0 Å². The minimum atomic E-state index is -0.483. The Morgan fingerprint density at radius 1 is 1.30 bits per heavy atom. The number of carbonyl (C=O) groups is 1. The molecule has 128 valence electrons. The van der Waals surface area contributed by atoms with Crippen molar-refractivity contribution < 1.29 is 9.53 Å². The number of nitrogens with one attached hydrogen (secondary N) is 1.